The summed E-state index contributed by atoms with van der Waals surface area (Å²) in [5.41, 5.74) is 18.8. The molecule has 3 aliphatic rings. The zero-order chi connectivity index (χ0) is 42.7. The third-order valence-electron chi connectivity index (χ3n) is 15.1. The molecule has 2 nitrogen and oxygen atoms in total. The van der Waals surface area contributed by atoms with E-state index in [4.69, 9.17) is 0 Å². The molecule has 63 heavy (non-hydrogen) atoms. The minimum absolute atomic E-state index is 0.122. The fourth-order valence-electron chi connectivity index (χ4n) is 12.6. The van der Waals surface area contributed by atoms with E-state index < -0.39 is 0 Å². The fourth-order valence-corrected chi connectivity index (χ4v) is 12.6. The number of likely N-dealkylation sites (N-methyl/N-ethyl adjacent to an activating group) is 1. The van der Waals surface area contributed by atoms with Gasteiger partial charge in [-0.1, -0.05) is 161 Å². The number of hydrogen-bond acceptors (Lipinski definition) is 0. The zero-order valence-electron chi connectivity index (χ0n) is 36.9. The van der Waals surface area contributed by atoms with E-state index in [0.29, 0.717) is 0 Å². The molecule has 0 radical (unpaired) electrons. The van der Waals surface area contributed by atoms with Crippen LogP contribution in [0.3, 0.4) is 0 Å². The van der Waals surface area contributed by atoms with Gasteiger partial charge in [0, 0.05) is 28.1 Å². The largest absolute Gasteiger partial charge is 0.309 e. The van der Waals surface area contributed by atoms with Crippen LogP contribution in [0, 0.1) is 0 Å². The van der Waals surface area contributed by atoms with Crippen molar-refractivity contribution < 1.29 is 0 Å². The molecule has 0 saturated carbocycles. The van der Waals surface area contributed by atoms with Crippen molar-refractivity contribution in [1.82, 2.24) is 9.05 Å². The third-order valence-corrected chi connectivity index (χ3v) is 15.1. The Bertz CT molecular complexity index is 3360. The van der Waals surface area contributed by atoms with E-state index in [1.54, 1.807) is 0 Å². The molecule has 8 aromatic carbocycles. The number of quaternary nitrogens is 1. The molecule has 1 aromatic heterocycles. The van der Waals surface area contributed by atoms with Gasteiger partial charge in [0.2, 0.25) is 0 Å². The Labute approximate surface area is 371 Å². The number of hydrogen-bond donors (Lipinski definition) is 0. The lowest BCUT2D eigenvalue weighted by molar-refractivity contribution is 0.353. The lowest BCUT2D eigenvalue weighted by atomic mass is 9.80. The average molecular weight is 814 g/mol. The van der Waals surface area contributed by atoms with Gasteiger partial charge in [-0.3, -0.25) is 4.48 Å². The molecule has 3 atom stereocenters. The van der Waals surface area contributed by atoms with Gasteiger partial charge >= 0.3 is 0 Å². The quantitative estimate of drug-likeness (QED) is 0.147. The number of rotatable bonds is 6. The number of benzene rings is 8. The Morgan fingerprint density at radius 2 is 1.27 bits per heavy atom. The highest BCUT2D eigenvalue weighted by atomic mass is 15.4. The Morgan fingerprint density at radius 1 is 0.571 bits per heavy atom. The van der Waals surface area contributed by atoms with E-state index >= 15 is 0 Å². The molecule has 0 N–H and O–H groups in total. The lowest BCUT2D eigenvalue weighted by Crippen LogP contribution is -2.50. The van der Waals surface area contributed by atoms with E-state index in [1.807, 2.05) is 0 Å². The summed E-state index contributed by atoms with van der Waals surface area (Å²) in [6.07, 6.45) is 8.65. The summed E-state index contributed by atoms with van der Waals surface area (Å²) in [6.45, 7) is 13.0. The number of para-hydroxylation sites is 1. The summed E-state index contributed by atoms with van der Waals surface area (Å²) in [5.74, 6) is 0.253. The van der Waals surface area contributed by atoms with Crippen molar-refractivity contribution in [3.63, 3.8) is 0 Å². The fraction of sp³-hybridized carbons (Fsp3) is 0.180. The normalized spacial score (nSPS) is 20.5. The van der Waals surface area contributed by atoms with Crippen LogP contribution >= 0.6 is 0 Å². The van der Waals surface area contributed by atoms with E-state index in [0.717, 1.165) is 17.4 Å². The molecule has 9 aromatic rings. The second-order valence-electron chi connectivity index (χ2n) is 19.7. The van der Waals surface area contributed by atoms with Gasteiger partial charge in [-0.05, 0) is 134 Å². The second-order valence-corrected chi connectivity index (χ2v) is 19.7. The molecule has 0 fully saturated rings. The lowest BCUT2D eigenvalue weighted by Gasteiger charge is -2.40. The van der Waals surface area contributed by atoms with Gasteiger partial charge in [0.15, 0.2) is 0 Å². The first kappa shape index (κ1) is 38.0. The van der Waals surface area contributed by atoms with Gasteiger partial charge in [-0.2, -0.15) is 0 Å². The molecule has 1 aliphatic heterocycles. The summed E-state index contributed by atoms with van der Waals surface area (Å²) in [7, 11) is 0. The first-order chi connectivity index (χ1) is 30.6. The number of nitrogens with zero attached hydrogens (tertiary/aromatic N) is 2. The highest BCUT2D eigenvalue weighted by Gasteiger charge is 2.52. The number of allylic oxidation sites excluding steroid dienone is 2. The monoisotopic (exact) mass is 813 g/mol. The van der Waals surface area contributed by atoms with Gasteiger partial charge in [0.1, 0.15) is 17.4 Å². The maximum Gasteiger partial charge on any atom is 0.142 e. The first-order valence-electron chi connectivity index (χ1n) is 22.9. The van der Waals surface area contributed by atoms with Crippen LogP contribution in [-0.4, -0.2) is 17.2 Å². The number of aromatic nitrogens is 1. The van der Waals surface area contributed by atoms with Crippen LogP contribution in [0.25, 0.3) is 66.1 Å². The van der Waals surface area contributed by atoms with E-state index in [9.17, 15) is 0 Å². The van der Waals surface area contributed by atoms with E-state index in [2.05, 4.69) is 233 Å². The van der Waals surface area contributed by atoms with Crippen LogP contribution in [0.1, 0.15) is 69.2 Å². The Morgan fingerprint density at radius 3 is 2.08 bits per heavy atom. The summed E-state index contributed by atoms with van der Waals surface area (Å²) in [5, 5.41) is 5.08. The van der Waals surface area contributed by atoms with Crippen LogP contribution in [-0.2, 0) is 10.8 Å². The minimum atomic E-state index is 0.122. The molecule has 0 spiro atoms. The molecular weight excluding hydrogens is 761 g/mol. The summed E-state index contributed by atoms with van der Waals surface area (Å²) in [6, 6.07) is 66.6. The predicted octanol–water partition coefficient (Wildman–Crippen LogP) is 16.0. The van der Waals surface area contributed by atoms with Crippen LogP contribution in [0.15, 0.2) is 194 Å². The van der Waals surface area contributed by atoms with Crippen molar-refractivity contribution in [1.29, 1.82) is 0 Å². The molecule has 2 aliphatic carbocycles. The van der Waals surface area contributed by atoms with Crippen molar-refractivity contribution in [2.24, 2.45) is 0 Å². The van der Waals surface area contributed by atoms with Crippen LogP contribution in [0.5, 0.6) is 0 Å². The van der Waals surface area contributed by atoms with Gasteiger partial charge in [-0.25, -0.2) is 0 Å². The van der Waals surface area contributed by atoms with Crippen molar-refractivity contribution >= 4 is 49.5 Å². The summed E-state index contributed by atoms with van der Waals surface area (Å²) >= 11 is 0. The van der Waals surface area contributed by atoms with Crippen LogP contribution in [0.4, 0.5) is 11.4 Å². The van der Waals surface area contributed by atoms with Crippen molar-refractivity contribution in [3.05, 3.63) is 216 Å². The minimum Gasteiger partial charge on any atom is -0.309 e. The molecular formula is C61H53N2+. The Kier molecular flexibility index (Phi) is 8.37. The van der Waals surface area contributed by atoms with E-state index in [1.165, 1.54) is 99.7 Å². The smallest absolute Gasteiger partial charge is 0.142 e. The van der Waals surface area contributed by atoms with Crippen molar-refractivity contribution in [3.8, 4) is 27.9 Å². The SMILES string of the molecule is CC[N+]1(c2cccc(-c3ccccc3)c2)c2ccccc2C2C=C(c3ccc4c(c3)c3cc5ccccc5cc3n4-c3ccc(-c4cccc5c4C(C)(C)CC5(C)C)cc3)C=CC21. The number of fused-ring (bicyclic) bond motifs is 8. The topological polar surface area (TPSA) is 4.93 Å². The summed E-state index contributed by atoms with van der Waals surface area (Å²) in [4.78, 5) is 0. The maximum absolute atomic E-state index is 2.57. The second kappa shape index (κ2) is 13.9. The Hall–Kier alpha value is -6.74. The van der Waals surface area contributed by atoms with Crippen molar-refractivity contribution in [2.45, 2.75) is 63.8 Å². The molecule has 306 valence electrons. The summed E-state index contributed by atoms with van der Waals surface area (Å²) < 4.78 is 3.29. The zero-order valence-corrected chi connectivity index (χ0v) is 36.9. The standard InChI is InChI=1S/C61H53N2/c1-6-63(48-21-14-20-42(34-48)40-16-8-7-9-17-40)57-25-13-12-22-50(57)53-37-46(29-33-58(53)63)45-28-32-55-51(36-45)52-35-43-18-10-11-19-44(43)38-56(52)62(55)47-30-26-41(27-31-47)49-23-15-24-54-59(49)61(4,5)39-60(54,2)3/h7-38,53,58H,6,39H2,1-5H3/q+1. The van der Waals surface area contributed by atoms with Gasteiger partial charge in [-0.15, -0.1) is 0 Å². The third kappa shape index (κ3) is 5.67. The van der Waals surface area contributed by atoms with Crippen molar-refractivity contribution in [2.75, 3.05) is 6.54 Å². The first-order valence-corrected chi connectivity index (χ1v) is 22.9. The highest BCUT2D eigenvalue weighted by molar-refractivity contribution is 6.14. The molecule has 0 bridgehead atoms. The van der Waals surface area contributed by atoms with Crippen LogP contribution < -0.4 is 4.48 Å². The molecule has 2 heteroatoms. The Balaban J connectivity index is 0.967. The molecule has 0 amide bonds. The molecule has 3 unspecified atom stereocenters. The molecule has 0 saturated heterocycles. The maximum atomic E-state index is 2.57. The van der Waals surface area contributed by atoms with Gasteiger partial charge < -0.3 is 4.57 Å². The molecule has 12 rings (SSSR count). The average Bonchev–Trinajstić information content (AvgIpc) is 3.87. The van der Waals surface area contributed by atoms with Gasteiger partial charge in [0.05, 0.1) is 23.5 Å². The predicted molar refractivity (Wildman–Crippen MR) is 268 cm³/mol. The van der Waals surface area contributed by atoms with Crippen LogP contribution in [0.2, 0.25) is 0 Å². The van der Waals surface area contributed by atoms with E-state index in [-0.39, 0.29) is 22.8 Å². The molecule has 2 heterocycles. The van der Waals surface area contributed by atoms with Gasteiger partial charge in [0.25, 0.3) is 0 Å². The highest BCUT2D eigenvalue weighted by Crippen LogP contribution is 2.56.